The van der Waals surface area contributed by atoms with E-state index in [0.717, 1.165) is 36.8 Å². The molecule has 0 fully saturated rings. The molecule has 0 bridgehead atoms. The van der Waals surface area contributed by atoms with Gasteiger partial charge in [-0.25, -0.2) is 5.43 Å². The summed E-state index contributed by atoms with van der Waals surface area (Å²) in [6, 6.07) is 19.8. The smallest absolute Gasteiger partial charge is 0.244 e. The van der Waals surface area contributed by atoms with E-state index in [0.29, 0.717) is 12.4 Å². The maximum atomic E-state index is 12.3. The first-order chi connectivity index (χ1) is 14.4. The molecule has 4 nitrogen and oxygen atoms in total. The van der Waals surface area contributed by atoms with Crippen molar-refractivity contribution < 1.29 is 9.53 Å². The predicted octanol–water partition coefficient (Wildman–Crippen LogP) is 6.10. The van der Waals surface area contributed by atoms with Gasteiger partial charge in [-0.15, -0.1) is 0 Å². The second-order valence-electron chi connectivity index (χ2n) is 6.98. The van der Waals surface area contributed by atoms with E-state index in [4.69, 9.17) is 4.74 Å². The van der Waals surface area contributed by atoms with Crippen molar-refractivity contribution in [1.29, 1.82) is 0 Å². The maximum Gasteiger partial charge on any atom is 0.244 e. The van der Waals surface area contributed by atoms with Crippen molar-refractivity contribution in [2.75, 3.05) is 0 Å². The van der Waals surface area contributed by atoms with Gasteiger partial charge in [0.2, 0.25) is 5.91 Å². The summed E-state index contributed by atoms with van der Waals surface area (Å²) in [5.74, 6) is 0.496. The van der Waals surface area contributed by atoms with Crippen LogP contribution < -0.4 is 10.2 Å². The molecule has 0 unspecified atom stereocenters. The van der Waals surface area contributed by atoms with Gasteiger partial charge in [-0.3, -0.25) is 4.79 Å². The van der Waals surface area contributed by atoms with Gasteiger partial charge < -0.3 is 4.74 Å². The number of carbonyl (C=O) groups excluding carboxylic acids is 1. The van der Waals surface area contributed by atoms with E-state index in [-0.39, 0.29) is 12.3 Å². The van der Waals surface area contributed by atoms with Gasteiger partial charge in [-0.2, -0.15) is 5.10 Å². The fourth-order valence-corrected chi connectivity index (χ4v) is 4.31. The van der Waals surface area contributed by atoms with Gasteiger partial charge in [0.1, 0.15) is 12.4 Å². The van der Waals surface area contributed by atoms with Crippen LogP contribution in [0.3, 0.4) is 0 Å². The summed E-state index contributed by atoms with van der Waals surface area (Å²) in [4.78, 5) is 12.3. The Bertz CT molecular complexity index is 1070. The van der Waals surface area contributed by atoms with Crippen molar-refractivity contribution >= 4 is 44.0 Å². The minimum atomic E-state index is -0.166. The fraction of sp³-hybridized carbons (Fsp3) is 0.167. The van der Waals surface area contributed by atoms with Crippen molar-refractivity contribution in [2.45, 2.75) is 26.9 Å². The number of hydrogen-bond donors (Lipinski definition) is 1. The number of carbonyl (C=O) groups is 1. The van der Waals surface area contributed by atoms with Crippen LogP contribution in [-0.4, -0.2) is 12.1 Å². The van der Waals surface area contributed by atoms with E-state index in [1.165, 1.54) is 0 Å². The highest BCUT2D eigenvalue weighted by Crippen LogP contribution is 2.32. The quantitative estimate of drug-likeness (QED) is 0.297. The molecule has 0 saturated carbocycles. The van der Waals surface area contributed by atoms with Crippen LogP contribution in [0.2, 0.25) is 0 Å². The van der Waals surface area contributed by atoms with E-state index >= 15 is 0 Å². The third kappa shape index (κ3) is 6.28. The topological polar surface area (TPSA) is 50.7 Å². The van der Waals surface area contributed by atoms with E-state index in [1.54, 1.807) is 6.21 Å². The molecule has 3 aromatic rings. The van der Waals surface area contributed by atoms with Crippen LogP contribution in [0.15, 0.2) is 74.7 Å². The Kier molecular flexibility index (Phi) is 7.82. The average molecular weight is 530 g/mol. The van der Waals surface area contributed by atoms with E-state index in [9.17, 15) is 4.79 Å². The molecule has 6 heteroatoms. The van der Waals surface area contributed by atoms with Crippen LogP contribution in [0, 0.1) is 13.8 Å². The molecule has 0 atom stereocenters. The first-order valence-electron chi connectivity index (χ1n) is 9.46. The summed E-state index contributed by atoms with van der Waals surface area (Å²) in [7, 11) is 0. The lowest BCUT2D eigenvalue weighted by Gasteiger charge is -2.12. The first-order valence-corrected chi connectivity index (χ1v) is 11.0. The van der Waals surface area contributed by atoms with Crippen molar-refractivity contribution in [1.82, 2.24) is 5.43 Å². The summed E-state index contributed by atoms with van der Waals surface area (Å²) in [6.07, 6.45) is 1.88. The van der Waals surface area contributed by atoms with Crippen molar-refractivity contribution in [2.24, 2.45) is 5.10 Å². The summed E-state index contributed by atoms with van der Waals surface area (Å²) in [5.41, 5.74) is 7.65. The monoisotopic (exact) mass is 528 g/mol. The summed E-state index contributed by atoms with van der Waals surface area (Å²) in [5, 5.41) is 4.14. The third-order valence-corrected chi connectivity index (χ3v) is 5.56. The second-order valence-corrected chi connectivity index (χ2v) is 8.75. The molecule has 3 aromatic carbocycles. The van der Waals surface area contributed by atoms with Crippen LogP contribution in [0.1, 0.15) is 27.8 Å². The van der Waals surface area contributed by atoms with E-state index < -0.39 is 0 Å². The SMILES string of the molecule is Cc1ccc(C)c(CC(=O)N/N=C/c2cc(Br)cc(Br)c2OCc2ccccc2)c1. The number of hydrazone groups is 1. The molecule has 30 heavy (non-hydrogen) atoms. The maximum absolute atomic E-state index is 12.3. The van der Waals surface area contributed by atoms with Crippen LogP contribution in [-0.2, 0) is 17.8 Å². The molecule has 0 heterocycles. The molecule has 0 aliphatic heterocycles. The standard InChI is InChI=1S/C24H22Br2N2O2/c1-16-8-9-17(2)19(10-16)12-23(29)28-27-14-20-11-21(25)13-22(26)24(20)30-15-18-6-4-3-5-7-18/h3-11,13-14H,12,15H2,1-2H3,(H,28,29)/b27-14+. The zero-order valence-corrected chi connectivity index (χ0v) is 20.0. The summed E-state index contributed by atoms with van der Waals surface area (Å²) in [6.45, 7) is 4.45. The Morgan fingerprint density at radius 1 is 1.07 bits per heavy atom. The van der Waals surface area contributed by atoms with E-state index in [2.05, 4.69) is 42.4 Å². The molecule has 0 aliphatic carbocycles. The number of benzene rings is 3. The van der Waals surface area contributed by atoms with Gasteiger partial charge in [-0.05, 0) is 58.6 Å². The van der Waals surface area contributed by atoms with Gasteiger partial charge >= 0.3 is 0 Å². The van der Waals surface area contributed by atoms with Gasteiger partial charge in [-0.1, -0.05) is 70.0 Å². The molecule has 3 rings (SSSR count). The minimum Gasteiger partial charge on any atom is -0.487 e. The molecule has 0 aliphatic rings. The molecule has 0 radical (unpaired) electrons. The third-order valence-electron chi connectivity index (χ3n) is 4.51. The van der Waals surface area contributed by atoms with Crippen LogP contribution in [0.25, 0.3) is 0 Å². The van der Waals surface area contributed by atoms with Crippen molar-refractivity contribution in [3.8, 4) is 5.75 Å². The fourth-order valence-electron chi connectivity index (χ4n) is 2.94. The number of rotatable bonds is 7. The summed E-state index contributed by atoms with van der Waals surface area (Å²) < 4.78 is 7.70. The lowest BCUT2D eigenvalue weighted by molar-refractivity contribution is -0.120. The number of ether oxygens (including phenoxy) is 1. The predicted molar refractivity (Wildman–Crippen MR) is 128 cm³/mol. The summed E-state index contributed by atoms with van der Waals surface area (Å²) >= 11 is 7.04. The molecule has 154 valence electrons. The molecular weight excluding hydrogens is 508 g/mol. The number of hydrogen-bond acceptors (Lipinski definition) is 3. The Labute approximate surface area is 193 Å². The number of aryl methyl sites for hydroxylation is 2. The Hall–Kier alpha value is -2.44. The Morgan fingerprint density at radius 2 is 1.83 bits per heavy atom. The van der Waals surface area contributed by atoms with Gasteiger partial charge in [0.25, 0.3) is 0 Å². The average Bonchev–Trinajstić information content (AvgIpc) is 2.71. The van der Waals surface area contributed by atoms with Crippen LogP contribution in [0.4, 0.5) is 0 Å². The minimum absolute atomic E-state index is 0.166. The first kappa shape index (κ1) is 22.2. The molecule has 0 aromatic heterocycles. The second kappa shape index (κ2) is 10.5. The Morgan fingerprint density at radius 3 is 2.60 bits per heavy atom. The largest absolute Gasteiger partial charge is 0.487 e. The number of nitrogens with zero attached hydrogens (tertiary/aromatic N) is 1. The molecule has 1 amide bonds. The van der Waals surface area contributed by atoms with Crippen molar-refractivity contribution in [3.05, 3.63) is 97.4 Å². The normalized spacial score (nSPS) is 10.9. The molecule has 0 spiro atoms. The highest BCUT2D eigenvalue weighted by molar-refractivity contribution is 9.11. The van der Waals surface area contributed by atoms with Gasteiger partial charge in [0.05, 0.1) is 17.1 Å². The van der Waals surface area contributed by atoms with Crippen LogP contribution >= 0.6 is 31.9 Å². The lowest BCUT2D eigenvalue weighted by atomic mass is 10.0. The number of nitrogens with one attached hydrogen (secondary N) is 1. The van der Waals surface area contributed by atoms with Gasteiger partial charge in [0.15, 0.2) is 0 Å². The number of amides is 1. The molecule has 0 saturated heterocycles. The highest BCUT2D eigenvalue weighted by atomic mass is 79.9. The lowest BCUT2D eigenvalue weighted by Crippen LogP contribution is -2.20. The van der Waals surface area contributed by atoms with E-state index in [1.807, 2.05) is 74.5 Å². The zero-order chi connectivity index (χ0) is 21.5. The number of halogens is 2. The van der Waals surface area contributed by atoms with Crippen LogP contribution in [0.5, 0.6) is 5.75 Å². The van der Waals surface area contributed by atoms with Gasteiger partial charge in [0, 0.05) is 10.0 Å². The zero-order valence-electron chi connectivity index (χ0n) is 16.8. The molecular formula is C24H22Br2N2O2. The highest BCUT2D eigenvalue weighted by Gasteiger charge is 2.10. The van der Waals surface area contributed by atoms with Crippen molar-refractivity contribution in [3.63, 3.8) is 0 Å². The Balaban J connectivity index is 1.69. The molecule has 1 N–H and O–H groups in total.